The monoisotopic (exact) mass is 423 g/mol. The average Bonchev–Trinajstić information content (AvgIpc) is 2.77. The van der Waals surface area contributed by atoms with Gasteiger partial charge in [-0.05, 0) is 75.2 Å². The minimum Gasteiger partial charge on any atom is -0.372 e. The highest BCUT2D eigenvalue weighted by Crippen LogP contribution is 2.26. The van der Waals surface area contributed by atoms with Gasteiger partial charge in [-0.2, -0.15) is 0 Å². The van der Waals surface area contributed by atoms with Crippen LogP contribution in [0.2, 0.25) is 0 Å². The van der Waals surface area contributed by atoms with E-state index in [0.29, 0.717) is 6.42 Å². The first kappa shape index (κ1) is 24.8. The minimum absolute atomic E-state index is 0.108. The molecule has 170 valence electrons. The largest absolute Gasteiger partial charge is 0.372 e. The maximum Gasteiger partial charge on any atom is 0.224 e. The summed E-state index contributed by atoms with van der Waals surface area (Å²) in [4.78, 5) is 14.5. The molecule has 2 rings (SSSR count). The van der Waals surface area contributed by atoms with Crippen LogP contribution in [0.1, 0.15) is 77.7 Å². The molecule has 4 heteroatoms. The van der Waals surface area contributed by atoms with Crippen LogP contribution >= 0.6 is 0 Å². The molecular formula is C27H41N3O. The maximum absolute atomic E-state index is 12.2. The zero-order chi connectivity index (χ0) is 22.5. The quantitative estimate of drug-likeness (QED) is 0.306. The normalized spacial score (nSPS) is 10.7. The van der Waals surface area contributed by atoms with Crippen molar-refractivity contribution in [3.63, 3.8) is 0 Å². The van der Waals surface area contributed by atoms with Gasteiger partial charge < -0.3 is 15.5 Å². The Morgan fingerprint density at radius 1 is 0.806 bits per heavy atom. The summed E-state index contributed by atoms with van der Waals surface area (Å²) in [6, 6.07) is 14.5. The number of unbranched alkanes of at least 4 members (excludes halogenated alkanes) is 6. The molecule has 0 aliphatic rings. The summed E-state index contributed by atoms with van der Waals surface area (Å²) in [5.74, 6) is 0.108. The summed E-state index contributed by atoms with van der Waals surface area (Å²) in [5.41, 5.74) is 5.45. The van der Waals surface area contributed by atoms with Crippen LogP contribution < -0.4 is 15.5 Å². The zero-order valence-corrected chi connectivity index (χ0v) is 20.0. The first-order valence-corrected chi connectivity index (χ1v) is 12.1. The van der Waals surface area contributed by atoms with Gasteiger partial charge in [-0.3, -0.25) is 4.79 Å². The fourth-order valence-electron chi connectivity index (χ4n) is 3.83. The number of nitrogens with zero attached hydrogens (tertiary/aromatic N) is 1. The number of benzene rings is 2. The number of hydrogen-bond donors (Lipinski definition) is 2. The third-order valence-corrected chi connectivity index (χ3v) is 5.79. The van der Waals surface area contributed by atoms with Crippen LogP contribution in [0.5, 0.6) is 0 Å². The molecule has 0 aromatic heterocycles. The highest BCUT2D eigenvalue weighted by Gasteiger charge is 2.06. The number of anilines is 4. The summed E-state index contributed by atoms with van der Waals surface area (Å²) < 4.78 is 0. The molecule has 0 saturated carbocycles. The van der Waals surface area contributed by atoms with E-state index >= 15 is 0 Å². The van der Waals surface area contributed by atoms with E-state index in [4.69, 9.17) is 0 Å². The number of carbonyl (C=O) groups excluding carboxylic acids is 1. The van der Waals surface area contributed by atoms with Crippen LogP contribution in [0.25, 0.3) is 0 Å². The third-order valence-electron chi connectivity index (χ3n) is 5.79. The predicted molar refractivity (Wildman–Crippen MR) is 136 cm³/mol. The molecule has 0 atom stereocenters. The molecule has 0 aliphatic carbocycles. The number of aryl methyl sites for hydroxylation is 1. The highest BCUT2D eigenvalue weighted by atomic mass is 16.1. The Labute approximate surface area is 189 Å². The molecule has 0 saturated heterocycles. The SMILES string of the molecule is CCCCCCCCCC(=O)Nc1ccc(Nc2ccc(N(CC)CC)cc2C)cc1. The minimum atomic E-state index is 0.108. The molecule has 0 aliphatic heterocycles. The van der Waals surface area contributed by atoms with Crippen molar-refractivity contribution in [3.8, 4) is 0 Å². The molecule has 0 fully saturated rings. The van der Waals surface area contributed by atoms with Crippen molar-refractivity contribution >= 4 is 28.7 Å². The second-order valence-electron chi connectivity index (χ2n) is 8.29. The molecule has 0 unspecified atom stereocenters. The van der Waals surface area contributed by atoms with Gasteiger partial charge in [0.15, 0.2) is 0 Å². The van der Waals surface area contributed by atoms with E-state index in [2.05, 4.69) is 61.4 Å². The van der Waals surface area contributed by atoms with Gasteiger partial charge in [0.05, 0.1) is 0 Å². The van der Waals surface area contributed by atoms with E-state index in [1.165, 1.54) is 43.4 Å². The lowest BCUT2D eigenvalue weighted by molar-refractivity contribution is -0.116. The van der Waals surface area contributed by atoms with Gasteiger partial charge >= 0.3 is 0 Å². The molecule has 2 N–H and O–H groups in total. The van der Waals surface area contributed by atoms with Crippen LogP contribution in [-0.2, 0) is 4.79 Å². The Morgan fingerprint density at radius 3 is 2.03 bits per heavy atom. The van der Waals surface area contributed by atoms with E-state index in [-0.39, 0.29) is 5.91 Å². The number of nitrogens with one attached hydrogen (secondary N) is 2. The highest BCUT2D eigenvalue weighted by molar-refractivity contribution is 5.90. The topological polar surface area (TPSA) is 44.4 Å². The Bertz CT molecular complexity index is 782. The molecule has 0 spiro atoms. The fraction of sp³-hybridized carbons (Fsp3) is 0.519. The molecule has 0 bridgehead atoms. The molecule has 0 radical (unpaired) electrons. The second-order valence-corrected chi connectivity index (χ2v) is 8.29. The maximum atomic E-state index is 12.2. The van der Waals surface area contributed by atoms with Crippen LogP contribution in [0.15, 0.2) is 42.5 Å². The fourth-order valence-corrected chi connectivity index (χ4v) is 3.83. The van der Waals surface area contributed by atoms with Gasteiger partial charge in [0.2, 0.25) is 5.91 Å². The Morgan fingerprint density at radius 2 is 1.42 bits per heavy atom. The van der Waals surface area contributed by atoms with Gasteiger partial charge in [0.1, 0.15) is 0 Å². The van der Waals surface area contributed by atoms with Crippen molar-refractivity contribution in [3.05, 3.63) is 48.0 Å². The molecule has 2 aromatic carbocycles. The van der Waals surface area contributed by atoms with Crippen molar-refractivity contribution in [2.24, 2.45) is 0 Å². The average molecular weight is 424 g/mol. The van der Waals surface area contributed by atoms with Gasteiger partial charge in [-0.1, -0.05) is 45.4 Å². The van der Waals surface area contributed by atoms with E-state index in [9.17, 15) is 4.79 Å². The van der Waals surface area contributed by atoms with Crippen molar-refractivity contribution < 1.29 is 4.79 Å². The lowest BCUT2D eigenvalue weighted by Crippen LogP contribution is -2.21. The summed E-state index contributed by atoms with van der Waals surface area (Å²) in [7, 11) is 0. The standard InChI is InChI=1S/C27H41N3O/c1-5-8-9-10-11-12-13-14-27(31)29-24-17-15-23(16-18-24)28-26-20-19-25(21-22(26)4)30(6-2)7-3/h15-21,28H,5-14H2,1-4H3,(H,29,31). The van der Waals surface area contributed by atoms with Crippen LogP contribution in [0.4, 0.5) is 22.7 Å². The zero-order valence-electron chi connectivity index (χ0n) is 20.0. The predicted octanol–water partition coefficient (Wildman–Crippen LogP) is 7.66. The van der Waals surface area contributed by atoms with Gasteiger partial charge in [0.25, 0.3) is 0 Å². The van der Waals surface area contributed by atoms with Crippen molar-refractivity contribution in [1.82, 2.24) is 0 Å². The molecule has 31 heavy (non-hydrogen) atoms. The Kier molecular flexibility index (Phi) is 11.0. The van der Waals surface area contributed by atoms with Crippen molar-refractivity contribution in [2.45, 2.75) is 79.1 Å². The molecular weight excluding hydrogens is 382 g/mol. The van der Waals surface area contributed by atoms with Gasteiger partial charge in [-0.15, -0.1) is 0 Å². The summed E-state index contributed by atoms with van der Waals surface area (Å²) in [6.07, 6.45) is 9.18. The van der Waals surface area contributed by atoms with Gasteiger partial charge in [0, 0.05) is 42.3 Å². The molecule has 0 heterocycles. The molecule has 1 amide bonds. The number of hydrogen-bond acceptors (Lipinski definition) is 3. The first-order chi connectivity index (χ1) is 15.1. The lowest BCUT2D eigenvalue weighted by Gasteiger charge is -2.22. The van der Waals surface area contributed by atoms with Crippen LogP contribution in [-0.4, -0.2) is 19.0 Å². The Balaban J connectivity index is 1.79. The second kappa shape index (κ2) is 13.7. The van der Waals surface area contributed by atoms with E-state index in [0.717, 1.165) is 43.0 Å². The smallest absolute Gasteiger partial charge is 0.224 e. The van der Waals surface area contributed by atoms with E-state index < -0.39 is 0 Å². The Hall–Kier alpha value is -2.49. The molecule has 4 nitrogen and oxygen atoms in total. The number of rotatable bonds is 14. The van der Waals surface area contributed by atoms with Crippen molar-refractivity contribution in [2.75, 3.05) is 28.6 Å². The van der Waals surface area contributed by atoms with E-state index in [1.807, 2.05) is 24.3 Å². The number of amides is 1. The summed E-state index contributed by atoms with van der Waals surface area (Å²) in [6.45, 7) is 10.7. The molecule has 2 aromatic rings. The number of carbonyl (C=O) groups is 1. The third kappa shape index (κ3) is 8.64. The van der Waals surface area contributed by atoms with Crippen LogP contribution in [0, 0.1) is 6.92 Å². The first-order valence-electron chi connectivity index (χ1n) is 12.1. The van der Waals surface area contributed by atoms with Crippen molar-refractivity contribution in [1.29, 1.82) is 0 Å². The summed E-state index contributed by atoms with van der Waals surface area (Å²) >= 11 is 0. The van der Waals surface area contributed by atoms with Gasteiger partial charge in [-0.25, -0.2) is 0 Å². The summed E-state index contributed by atoms with van der Waals surface area (Å²) in [5, 5.41) is 6.50. The lowest BCUT2D eigenvalue weighted by atomic mass is 10.1. The van der Waals surface area contributed by atoms with E-state index in [1.54, 1.807) is 0 Å². The van der Waals surface area contributed by atoms with Crippen LogP contribution in [0.3, 0.4) is 0 Å².